The van der Waals surface area contributed by atoms with Crippen LogP contribution in [0.3, 0.4) is 0 Å². The molecule has 0 aliphatic carbocycles. The molecular formula is C106H100ClFN32O7. The maximum Gasteiger partial charge on any atom is 0.292 e. The van der Waals surface area contributed by atoms with Crippen LogP contribution in [-0.4, -0.2) is 232 Å². The lowest BCUT2D eigenvalue weighted by molar-refractivity contribution is 0.0918. The van der Waals surface area contributed by atoms with E-state index < -0.39 is 0 Å². The van der Waals surface area contributed by atoms with Crippen LogP contribution in [0, 0.1) is 33.5 Å². The molecule has 5 aliphatic rings. The zero-order chi connectivity index (χ0) is 101. The van der Waals surface area contributed by atoms with Crippen LogP contribution in [0.2, 0.25) is 5.02 Å². The van der Waals surface area contributed by atoms with Crippen LogP contribution in [-0.2, 0) is 0 Å². The highest BCUT2D eigenvalue weighted by Crippen LogP contribution is 2.33. The van der Waals surface area contributed by atoms with E-state index in [0.717, 1.165) is 150 Å². The third-order valence-corrected chi connectivity index (χ3v) is 26.7. The Morgan fingerprint density at radius 3 is 1.29 bits per heavy atom. The van der Waals surface area contributed by atoms with Crippen LogP contribution in [0.25, 0.3) is 73.1 Å². The molecule has 41 heteroatoms. The van der Waals surface area contributed by atoms with Gasteiger partial charge in [-0.3, -0.25) is 28.4 Å². The number of anilines is 5. The van der Waals surface area contributed by atoms with Crippen molar-refractivity contribution in [1.82, 2.24) is 134 Å². The molecule has 5 amide bonds. The summed E-state index contributed by atoms with van der Waals surface area (Å²) in [5.74, 6) is 3.70. The highest BCUT2D eigenvalue weighted by atomic mass is 35.5. The number of nitrogens with zero attached hydrogens (tertiary/aromatic N) is 27. The van der Waals surface area contributed by atoms with E-state index in [1.807, 2.05) is 175 Å². The second-order valence-electron chi connectivity index (χ2n) is 36.3. The van der Waals surface area contributed by atoms with Crippen LogP contribution < -0.4 is 51.1 Å². The Kier molecular flexibility index (Phi) is 27.5. The molecule has 5 fully saturated rings. The summed E-state index contributed by atoms with van der Waals surface area (Å²) in [5.41, 5.74) is 15.4. The molecule has 0 unspecified atom stereocenters. The first-order valence-electron chi connectivity index (χ1n) is 48.2. The Bertz CT molecular complexity index is 8120. The zero-order valence-electron chi connectivity index (χ0n) is 80.4. The van der Waals surface area contributed by atoms with Gasteiger partial charge in [0.05, 0.1) is 33.4 Å². The third-order valence-electron chi connectivity index (χ3n) is 26.4. The van der Waals surface area contributed by atoms with Gasteiger partial charge in [-0.05, 0) is 191 Å². The Hall–Kier alpha value is -18.2. The Morgan fingerprint density at radius 1 is 0.361 bits per heavy atom. The molecule has 20 heterocycles. The fourth-order valence-corrected chi connectivity index (χ4v) is 19.1. The van der Waals surface area contributed by atoms with Gasteiger partial charge >= 0.3 is 0 Å². The van der Waals surface area contributed by atoms with Crippen LogP contribution in [0.15, 0.2) is 303 Å². The highest BCUT2D eigenvalue weighted by Gasteiger charge is 2.35. The second kappa shape index (κ2) is 42.5. The minimum Gasteiger partial charge on any atom is -0.353 e. The minimum absolute atomic E-state index is 0.00139. The molecule has 0 radical (unpaired) electrons. The lowest BCUT2D eigenvalue weighted by Gasteiger charge is -2.19. The van der Waals surface area contributed by atoms with Gasteiger partial charge in [0.15, 0.2) is 40.5 Å². The van der Waals surface area contributed by atoms with Crippen molar-refractivity contribution in [3.05, 3.63) is 356 Å². The first-order chi connectivity index (χ1) is 71.8. The van der Waals surface area contributed by atoms with Crippen LogP contribution >= 0.6 is 11.6 Å². The van der Waals surface area contributed by atoms with Gasteiger partial charge in [-0.25, -0.2) is 48.6 Å². The van der Waals surface area contributed by atoms with Gasteiger partial charge in [0.2, 0.25) is 11.5 Å². The quantitative estimate of drug-likeness (QED) is 0.0473. The molecule has 0 spiro atoms. The fraction of sp³-hybridized carbons (Fsp3) is 0.226. The van der Waals surface area contributed by atoms with Crippen LogP contribution in [0.4, 0.5) is 33.5 Å². The van der Waals surface area contributed by atoms with Crippen molar-refractivity contribution in [2.24, 2.45) is 0 Å². The lowest BCUT2D eigenvalue weighted by atomic mass is 10.1. The summed E-state index contributed by atoms with van der Waals surface area (Å²) < 4.78 is 37.2. The first kappa shape index (κ1) is 95.0. The maximum absolute atomic E-state index is 13.4. The second-order valence-corrected chi connectivity index (χ2v) is 36.8. The van der Waals surface area contributed by atoms with Crippen molar-refractivity contribution in [2.75, 3.05) is 89.9 Å². The summed E-state index contributed by atoms with van der Waals surface area (Å²) in [6.07, 6.45) is 39.3. The smallest absolute Gasteiger partial charge is 0.292 e. The molecule has 5 saturated heterocycles. The molecule has 5 aromatic carbocycles. The number of nitrogens with one attached hydrogen (secondary N) is 5. The third kappa shape index (κ3) is 21.2. The molecule has 0 saturated carbocycles. The van der Waals surface area contributed by atoms with Crippen LogP contribution in [0.5, 0.6) is 0 Å². The number of aryl methyl sites for hydroxylation is 4. The fourth-order valence-electron chi connectivity index (χ4n) is 19.0. The van der Waals surface area contributed by atoms with E-state index in [1.165, 1.54) is 33.5 Å². The van der Waals surface area contributed by atoms with Crippen molar-refractivity contribution in [2.45, 2.75) is 90.0 Å². The molecule has 39 nitrogen and oxygen atoms in total. The van der Waals surface area contributed by atoms with E-state index in [-0.39, 0.29) is 88.9 Å². The highest BCUT2D eigenvalue weighted by molar-refractivity contribution is 6.30. The monoisotopic (exact) mass is 1990 g/mol. The van der Waals surface area contributed by atoms with Crippen molar-refractivity contribution >= 4 is 97.9 Å². The zero-order valence-corrected chi connectivity index (χ0v) is 81.2. The molecule has 5 aliphatic heterocycles. The summed E-state index contributed by atoms with van der Waals surface area (Å²) >= 11 is 5.88. The number of amides is 5. The number of aromatic nitrogens is 22. The lowest BCUT2D eigenvalue weighted by Crippen LogP contribution is -2.38. The molecule has 740 valence electrons. The van der Waals surface area contributed by atoms with E-state index in [9.17, 15) is 28.4 Å². The van der Waals surface area contributed by atoms with Gasteiger partial charge in [0.25, 0.3) is 53.0 Å². The van der Waals surface area contributed by atoms with Crippen molar-refractivity contribution in [3.8, 4) is 45.4 Å². The van der Waals surface area contributed by atoms with Gasteiger partial charge in [0, 0.05) is 229 Å². The topological polar surface area (TPSA) is 413 Å². The van der Waals surface area contributed by atoms with E-state index in [0.29, 0.717) is 65.4 Å². The van der Waals surface area contributed by atoms with E-state index >= 15 is 0 Å². The number of carbonyl (C=O) groups is 5. The predicted octanol–water partition coefficient (Wildman–Crippen LogP) is 13.5. The summed E-state index contributed by atoms with van der Waals surface area (Å²) in [6, 6.07) is 54.1. The summed E-state index contributed by atoms with van der Waals surface area (Å²) in [4.78, 5) is 114. The maximum atomic E-state index is 13.4. The normalized spacial score (nSPS) is 16.4. The Morgan fingerprint density at radius 2 is 0.782 bits per heavy atom. The number of rotatable bonds is 20. The predicted molar refractivity (Wildman–Crippen MR) is 550 cm³/mol. The van der Waals surface area contributed by atoms with Gasteiger partial charge in [-0.1, -0.05) is 94.7 Å². The average Bonchev–Trinajstić information content (AvgIpc) is 1.66. The number of fused-ring (bicyclic) bond motifs is 5. The summed E-state index contributed by atoms with van der Waals surface area (Å²) in [7, 11) is 0. The molecule has 5 atom stereocenters. The summed E-state index contributed by atoms with van der Waals surface area (Å²) in [5, 5.41) is 40.2. The Labute approximate surface area is 845 Å². The number of halogens is 2. The molecule has 15 aromatic heterocycles. The number of benzene rings is 5. The summed E-state index contributed by atoms with van der Waals surface area (Å²) in [6.45, 7) is 15.8. The number of carbonyl (C=O) groups excluding carboxylic acids is 5. The average molecular weight is 1990 g/mol. The largest absolute Gasteiger partial charge is 0.353 e. The Balaban J connectivity index is 0.000000108. The first-order valence-corrected chi connectivity index (χ1v) is 48.6. The SMILES string of the molecule is Cc1ccccc1-n1ccc(C(=O)N[C@H]2CCN(c3nccn4ccc(C)c34)C2)n1.Cc1ccn2ccnc(N3CC[C@H](NC(=O)c4ncc(-c5ccccc5)cn4)C3)c12.Cc1ccn2ccnc(N3CC[C@H](NC(=O)c4noc(-c5ccccc5)n4)C3)c12.O=C(N[C@H]1CCN(c2nccn3cccc23)C1)c1ccn(-c2cccc(F)c2)n1.O=C(N[C@H]1CCN(c2nccn3cnnc23)C1)c1noc(-c2ccc(Cl)cc2)n1. The molecule has 0 bridgehead atoms. The van der Waals surface area contributed by atoms with Gasteiger partial charge in [0.1, 0.15) is 12.1 Å². The number of hydrogen-bond acceptors (Lipinski definition) is 27. The molecule has 147 heavy (non-hydrogen) atoms. The van der Waals surface area contributed by atoms with E-state index in [1.54, 1.807) is 103 Å². The standard InChI is InChI=1S/C23H24N6O.C23H22N6O.C21H19FN6O.C21H20N6O2.C18H15ClN8O2/c1-16-5-3-4-6-20(16)29-13-9-19(26-29)23(30)25-18-8-12-28(15-18)22-21-17(2)7-11-27(21)14-10-24-22;1-16-7-10-28-12-9-24-22(20(16)28)29-11-8-19(15-29)27-23(30)21-25-13-18(14-26-21)17-5-3-2-4-6-17;22-15-3-1-4-17(13-15)28-11-7-18(25-28)21(29)24-16-6-10-27(14-16)20-19-5-2-9-26(19)12-8-23-20;1-14-7-10-26-12-9-22-19(17(14)26)27-11-8-16(13-27)23-20(28)18-24-21(29-25-18)15-5-3-2-4-6-15;19-12-3-1-11(2-4-12)18-23-14(25-29-18)17(28)22-13-5-7-26(9-13)15-16-24-21-10-27(16)8-6-20-15/h3-7,9-11,13-14,18H,8,12,15H2,1-2H3,(H,25,30);2-7,9-10,12-14,19H,8,11,15H2,1H3,(H,27,30);1-5,7-9,11-13,16H,6,10,14H2,(H,24,29);2-7,9-10,12,16H,8,11,13H2,1H3,(H,23,28);1-4,6,8,10,13H,5,7,9H2,(H,22,28)/t18-;19-;2*16-;13-/m00000/s1. The molecule has 5 N–H and O–H groups in total. The van der Waals surface area contributed by atoms with E-state index in [2.05, 4.69) is 185 Å². The molecule has 20 aromatic rings. The molecular weight excluding hydrogens is 1890 g/mol. The molecule has 25 rings (SSSR count). The minimum atomic E-state index is -0.380. The number of para-hydroxylation sites is 1. The van der Waals surface area contributed by atoms with E-state index in [4.69, 9.17) is 20.6 Å². The number of hydrogen-bond donors (Lipinski definition) is 5. The van der Waals surface area contributed by atoms with Gasteiger partial charge < -0.3 is 77.7 Å². The van der Waals surface area contributed by atoms with Crippen LogP contribution in [0.1, 0.15) is 107 Å². The van der Waals surface area contributed by atoms with Gasteiger partial charge in [-0.15, -0.1) is 10.2 Å². The van der Waals surface area contributed by atoms with Crippen molar-refractivity contribution in [1.29, 1.82) is 0 Å². The van der Waals surface area contributed by atoms with Crippen molar-refractivity contribution in [3.63, 3.8) is 0 Å². The van der Waals surface area contributed by atoms with Gasteiger partial charge in [-0.2, -0.15) is 20.2 Å². The van der Waals surface area contributed by atoms with Crippen molar-refractivity contribution < 1.29 is 37.4 Å².